The van der Waals surface area contributed by atoms with Gasteiger partial charge in [0.1, 0.15) is 5.82 Å². The van der Waals surface area contributed by atoms with Crippen molar-refractivity contribution in [2.45, 2.75) is 46.2 Å². The number of benzene rings is 1. The van der Waals surface area contributed by atoms with E-state index in [0.717, 1.165) is 36.6 Å². The van der Waals surface area contributed by atoms with Crippen molar-refractivity contribution in [3.05, 3.63) is 40.4 Å². The second kappa shape index (κ2) is 6.81. The summed E-state index contributed by atoms with van der Waals surface area (Å²) in [6.07, 6.45) is 2.03. The van der Waals surface area contributed by atoms with Gasteiger partial charge in [0.25, 0.3) is 0 Å². The number of hydrogen-bond donors (Lipinski definition) is 2. The Hall–Kier alpha value is -2.08. The van der Waals surface area contributed by atoms with Gasteiger partial charge in [-0.05, 0) is 37.0 Å². The molecule has 2 heterocycles. The van der Waals surface area contributed by atoms with E-state index in [9.17, 15) is 4.79 Å². The van der Waals surface area contributed by atoms with E-state index in [2.05, 4.69) is 39.2 Å². The van der Waals surface area contributed by atoms with Gasteiger partial charge >= 0.3 is 6.03 Å². The molecule has 6 nitrogen and oxygen atoms in total. The van der Waals surface area contributed by atoms with Crippen molar-refractivity contribution < 1.29 is 4.79 Å². The molecule has 1 aliphatic heterocycles. The van der Waals surface area contributed by atoms with Crippen LogP contribution in [0.4, 0.5) is 10.5 Å². The largest absolute Gasteiger partial charge is 0.328 e. The average Bonchev–Trinajstić information content (AvgIpc) is 3.12. The molecule has 0 aliphatic carbocycles. The van der Waals surface area contributed by atoms with Crippen LogP contribution in [-0.2, 0) is 13.0 Å². The van der Waals surface area contributed by atoms with Crippen LogP contribution in [-0.4, -0.2) is 20.8 Å². The maximum Gasteiger partial charge on any atom is 0.319 e. The van der Waals surface area contributed by atoms with E-state index < -0.39 is 0 Å². The Morgan fingerprint density at radius 3 is 2.83 bits per heavy atom. The van der Waals surface area contributed by atoms with E-state index in [1.165, 1.54) is 0 Å². The van der Waals surface area contributed by atoms with Crippen molar-refractivity contribution in [3.63, 3.8) is 0 Å². The summed E-state index contributed by atoms with van der Waals surface area (Å²) < 4.78 is 2.12. The highest BCUT2D eigenvalue weighted by Crippen LogP contribution is 2.25. The molecule has 0 unspecified atom stereocenters. The second-order valence-corrected chi connectivity index (χ2v) is 6.92. The van der Waals surface area contributed by atoms with Crippen LogP contribution >= 0.6 is 11.6 Å². The van der Waals surface area contributed by atoms with E-state index in [4.69, 9.17) is 11.6 Å². The number of halogens is 1. The molecule has 0 saturated carbocycles. The highest BCUT2D eigenvalue weighted by Gasteiger charge is 2.27. The SMILES string of the molecule is Cc1ccc(NC(=O)N[C@@H](c2nnc3n2CCC3)C(C)C)cc1Cl. The molecule has 1 aromatic heterocycles. The first-order valence-corrected chi connectivity index (χ1v) is 8.59. The van der Waals surface area contributed by atoms with E-state index in [1.807, 2.05) is 19.1 Å². The van der Waals surface area contributed by atoms with Gasteiger partial charge in [0.2, 0.25) is 0 Å². The van der Waals surface area contributed by atoms with Gasteiger partial charge in [0.15, 0.2) is 5.82 Å². The summed E-state index contributed by atoms with van der Waals surface area (Å²) in [4.78, 5) is 12.4. The molecule has 3 rings (SSSR count). The summed E-state index contributed by atoms with van der Waals surface area (Å²) in [6, 6.07) is 4.99. The molecule has 7 heteroatoms. The number of hydrogen-bond acceptors (Lipinski definition) is 3. The quantitative estimate of drug-likeness (QED) is 0.885. The average molecular weight is 348 g/mol. The van der Waals surface area contributed by atoms with Gasteiger partial charge in [-0.25, -0.2) is 4.79 Å². The smallest absolute Gasteiger partial charge is 0.319 e. The number of rotatable bonds is 4. The molecule has 2 N–H and O–H groups in total. The lowest BCUT2D eigenvalue weighted by atomic mass is 10.0. The van der Waals surface area contributed by atoms with E-state index in [-0.39, 0.29) is 18.0 Å². The number of fused-ring (bicyclic) bond motifs is 1. The molecule has 1 atom stereocenters. The predicted molar refractivity (Wildman–Crippen MR) is 94.3 cm³/mol. The van der Waals surface area contributed by atoms with Gasteiger partial charge in [0, 0.05) is 23.7 Å². The molecule has 0 bridgehead atoms. The minimum absolute atomic E-state index is 0.190. The molecular weight excluding hydrogens is 326 g/mol. The van der Waals surface area contributed by atoms with Crippen LogP contribution in [0.15, 0.2) is 18.2 Å². The Morgan fingerprint density at radius 1 is 1.33 bits per heavy atom. The van der Waals surface area contributed by atoms with Crippen LogP contribution in [0.2, 0.25) is 5.02 Å². The Kier molecular flexibility index (Phi) is 4.76. The van der Waals surface area contributed by atoms with Gasteiger partial charge in [-0.3, -0.25) is 0 Å². The van der Waals surface area contributed by atoms with Gasteiger partial charge in [0.05, 0.1) is 6.04 Å². The first kappa shape index (κ1) is 16.8. The molecule has 2 aromatic rings. The van der Waals surface area contributed by atoms with Crippen LogP contribution in [0.25, 0.3) is 0 Å². The summed E-state index contributed by atoms with van der Waals surface area (Å²) in [5.41, 5.74) is 1.64. The number of aromatic nitrogens is 3. The zero-order chi connectivity index (χ0) is 17.3. The number of carbonyl (C=O) groups excluding carboxylic acids is 1. The van der Waals surface area contributed by atoms with Crippen LogP contribution in [0, 0.1) is 12.8 Å². The number of anilines is 1. The maximum atomic E-state index is 12.4. The third kappa shape index (κ3) is 3.38. The molecule has 2 amide bonds. The molecule has 0 radical (unpaired) electrons. The van der Waals surface area contributed by atoms with Crippen LogP contribution in [0.1, 0.15) is 43.5 Å². The summed E-state index contributed by atoms with van der Waals surface area (Å²) >= 11 is 6.11. The fraction of sp³-hybridized carbons (Fsp3) is 0.471. The molecule has 0 spiro atoms. The lowest BCUT2D eigenvalue weighted by molar-refractivity contribution is 0.243. The molecule has 1 aliphatic rings. The standard InChI is InChI=1S/C17H22ClN5O/c1-10(2)15(16-22-21-14-5-4-8-23(14)16)20-17(24)19-12-7-6-11(3)13(18)9-12/h6-7,9-10,15H,4-5,8H2,1-3H3,(H2,19,20,24)/t15-/m1/s1. The number of amides is 2. The molecular formula is C17H22ClN5O. The Balaban J connectivity index is 1.73. The van der Waals surface area contributed by atoms with Crippen molar-refractivity contribution in [2.75, 3.05) is 5.32 Å². The molecule has 24 heavy (non-hydrogen) atoms. The van der Waals surface area contributed by atoms with E-state index >= 15 is 0 Å². The number of carbonyl (C=O) groups is 1. The minimum Gasteiger partial charge on any atom is -0.328 e. The third-order valence-corrected chi connectivity index (χ3v) is 4.71. The van der Waals surface area contributed by atoms with Gasteiger partial charge in [-0.2, -0.15) is 0 Å². The zero-order valence-electron chi connectivity index (χ0n) is 14.1. The molecule has 0 saturated heterocycles. The fourth-order valence-electron chi connectivity index (χ4n) is 2.91. The van der Waals surface area contributed by atoms with E-state index in [1.54, 1.807) is 6.07 Å². The monoisotopic (exact) mass is 347 g/mol. The van der Waals surface area contributed by atoms with Gasteiger partial charge < -0.3 is 15.2 Å². The normalized spacial score (nSPS) is 14.5. The molecule has 1 aromatic carbocycles. The topological polar surface area (TPSA) is 71.8 Å². The molecule has 0 fully saturated rings. The van der Waals surface area contributed by atoms with Crippen molar-refractivity contribution in [3.8, 4) is 0 Å². The summed E-state index contributed by atoms with van der Waals surface area (Å²) in [5.74, 6) is 2.03. The summed E-state index contributed by atoms with van der Waals surface area (Å²) in [5, 5.41) is 15.0. The van der Waals surface area contributed by atoms with Crippen molar-refractivity contribution in [1.29, 1.82) is 0 Å². The van der Waals surface area contributed by atoms with Crippen molar-refractivity contribution in [2.24, 2.45) is 5.92 Å². The lowest BCUT2D eigenvalue weighted by Gasteiger charge is -2.22. The highest BCUT2D eigenvalue weighted by molar-refractivity contribution is 6.31. The fourth-order valence-corrected chi connectivity index (χ4v) is 3.09. The van der Waals surface area contributed by atoms with E-state index in [0.29, 0.717) is 10.7 Å². The molecule has 128 valence electrons. The number of nitrogens with zero attached hydrogens (tertiary/aromatic N) is 3. The third-order valence-electron chi connectivity index (χ3n) is 4.30. The lowest BCUT2D eigenvalue weighted by Crippen LogP contribution is -2.36. The van der Waals surface area contributed by atoms with Gasteiger partial charge in [-0.1, -0.05) is 31.5 Å². The maximum absolute atomic E-state index is 12.4. The van der Waals surface area contributed by atoms with Crippen molar-refractivity contribution >= 4 is 23.3 Å². The number of aryl methyl sites for hydroxylation is 2. The zero-order valence-corrected chi connectivity index (χ0v) is 14.9. The first-order valence-electron chi connectivity index (χ1n) is 8.21. The highest BCUT2D eigenvalue weighted by atomic mass is 35.5. The number of urea groups is 1. The van der Waals surface area contributed by atoms with Gasteiger partial charge in [-0.15, -0.1) is 10.2 Å². The Morgan fingerprint density at radius 2 is 2.12 bits per heavy atom. The van der Waals surface area contributed by atoms with Crippen LogP contribution in [0.5, 0.6) is 0 Å². The Bertz CT molecular complexity index is 755. The second-order valence-electron chi connectivity index (χ2n) is 6.51. The van der Waals surface area contributed by atoms with Crippen LogP contribution < -0.4 is 10.6 Å². The Labute approximate surface area is 146 Å². The first-order chi connectivity index (χ1) is 11.5. The number of nitrogens with one attached hydrogen (secondary N) is 2. The van der Waals surface area contributed by atoms with Crippen LogP contribution in [0.3, 0.4) is 0 Å². The summed E-state index contributed by atoms with van der Waals surface area (Å²) in [7, 11) is 0. The minimum atomic E-state index is -0.274. The predicted octanol–water partition coefficient (Wildman–Crippen LogP) is 3.70. The van der Waals surface area contributed by atoms with Crippen molar-refractivity contribution in [1.82, 2.24) is 20.1 Å². The summed E-state index contributed by atoms with van der Waals surface area (Å²) in [6.45, 7) is 6.96.